The Bertz CT molecular complexity index is 573. The molecule has 1 aromatic heterocycles. The normalized spacial score (nSPS) is 23.3. The molecule has 1 fully saturated rings. The van der Waals surface area contributed by atoms with Crippen molar-refractivity contribution >= 4 is 0 Å². The summed E-state index contributed by atoms with van der Waals surface area (Å²) in [6, 6.07) is 6.82. The van der Waals surface area contributed by atoms with Crippen LogP contribution in [0.3, 0.4) is 0 Å². The Morgan fingerprint density at radius 1 is 1.38 bits per heavy atom. The summed E-state index contributed by atoms with van der Waals surface area (Å²) in [6.45, 7) is 2.23. The highest BCUT2D eigenvalue weighted by atomic mass is 19.1. The molecule has 2 heterocycles. The van der Waals surface area contributed by atoms with Gasteiger partial charge < -0.3 is 10.1 Å². The molecular formula is C16H20FN3O. The van der Waals surface area contributed by atoms with Crippen LogP contribution in [-0.2, 0) is 13.0 Å². The van der Waals surface area contributed by atoms with Crippen LogP contribution in [0.25, 0.3) is 0 Å². The largest absolute Gasteiger partial charge is 0.391 e. The van der Waals surface area contributed by atoms with Crippen LogP contribution >= 0.6 is 0 Å². The highest BCUT2D eigenvalue weighted by Crippen LogP contribution is 2.24. The molecule has 1 saturated heterocycles. The summed E-state index contributed by atoms with van der Waals surface area (Å²) in [4.78, 5) is 9.46. The van der Waals surface area contributed by atoms with Crippen molar-refractivity contribution in [3.63, 3.8) is 0 Å². The van der Waals surface area contributed by atoms with Gasteiger partial charge in [-0.3, -0.25) is 4.90 Å². The predicted molar refractivity (Wildman–Crippen MR) is 78.1 cm³/mol. The van der Waals surface area contributed by atoms with E-state index in [4.69, 9.17) is 0 Å². The maximum atomic E-state index is 13.7. The number of likely N-dealkylation sites (tertiary alicyclic amines) is 1. The third-order valence-electron chi connectivity index (χ3n) is 4.17. The van der Waals surface area contributed by atoms with Crippen molar-refractivity contribution < 1.29 is 9.50 Å². The van der Waals surface area contributed by atoms with Gasteiger partial charge in [0.2, 0.25) is 0 Å². The van der Waals surface area contributed by atoms with E-state index in [1.54, 1.807) is 24.5 Å². The van der Waals surface area contributed by atoms with E-state index in [2.05, 4.69) is 14.9 Å². The molecule has 0 bridgehead atoms. The number of nitrogens with one attached hydrogen (secondary N) is 1. The Morgan fingerprint density at radius 2 is 2.24 bits per heavy atom. The number of benzene rings is 1. The number of rotatable bonds is 4. The van der Waals surface area contributed by atoms with E-state index >= 15 is 0 Å². The van der Waals surface area contributed by atoms with Gasteiger partial charge in [0, 0.05) is 18.9 Å². The van der Waals surface area contributed by atoms with Crippen LogP contribution in [0.1, 0.15) is 17.8 Å². The quantitative estimate of drug-likeness (QED) is 0.905. The van der Waals surface area contributed by atoms with Gasteiger partial charge in [-0.2, -0.15) is 0 Å². The van der Waals surface area contributed by atoms with Gasteiger partial charge in [0.1, 0.15) is 11.6 Å². The van der Waals surface area contributed by atoms with Gasteiger partial charge in [-0.05, 0) is 36.9 Å². The zero-order valence-corrected chi connectivity index (χ0v) is 11.9. The summed E-state index contributed by atoms with van der Waals surface area (Å²) in [5, 5.41) is 10.3. The number of aromatic amines is 1. The highest BCUT2D eigenvalue weighted by molar-refractivity contribution is 5.18. The topological polar surface area (TPSA) is 52.1 Å². The lowest BCUT2D eigenvalue weighted by Crippen LogP contribution is -2.44. The molecular weight excluding hydrogens is 269 g/mol. The SMILES string of the molecule is O[C@H]1CN(Cc2ncc[nH]2)CC[C@@H]1Cc1ccccc1F. The lowest BCUT2D eigenvalue weighted by atomic mass is 9.87. The van der Waals surface area contributed by atoms with E-state index in [0.717, 1.165) is 25.3 Å². The number of imidazole rings is 1. The van der Waals surface area contributed by atoms with Crippen molar-refractivity contribution in [1.29, 1.82) is 0 Å². The van der Waals surface area contributed by atoms with E-state index in [1.807, 2.05) is 6.07 Å². The van der Waals surface area contributed by atoms with Crippen LogP contribution in [0.5, 0.6) is 0 Å². The average molecular weight is 289 g/mol. The standard InChI is InChI=1S/C16H20FN3O/c17-14-4-2-1-3-12(14)9-13-5-8-20(10-15(13)21)11-16-18-6-7-19-16/h1-4,6-7,13,15,21H,5,8-11H2,(H,18,19)/t13-,15+/m1/s1. The van der Waals surface area contributed by atoms with E-state index in [-0.39, 0.29) is 11.7 Å². The first-order chi connectivity index (χ1) is 10.2. The van der Waals surface area contributed by atoms with Crippen LogP contribution in [0.2, 0.25) is 0 Å². The van der Waals surface area contributed by atoms with Gasteiger partial charge in [0.15, 0.2) is 0 Å². The maximum absolute atomic E-state index is 13.7. The molecule has 2 atom stereocenters. The number of H-pyrrole nitrogens is 1. The van der Waals surface area contributed by atoms with E-state index in [9.17, 15) is 9.50 Å². The van der Waals surface area contributed by atoms with Gasteiger partial charge in [0.05, 0.1) is 12.6 Å². The number of piperidine rings is 1. The minimum atomic E-state index is -0.423. The number of aliphatic hydroxyl groups excluding tert-OH is 1. The van der Waals surface area contributed by atoms with E-state index < -0.39 is 6.10 Å². The van der Waals surface area contributed by atoms with E-state index in [1.165, 1.54) is 6.07 Å². The fourth-order valence-electron chi connectivity index (χ4n) is 2.97. The molecule has 0 unspecified atom stereocenters. The third kappa shape index (κ3) is 3.49. The summed E-state index contributed by atoms with van der Waals surface area (Å²) >= 11 is 0. The first-order valence-corrected chi connectivity index (χ1v) is 7.34. The fraction of sp³-hybridized carbons (Fsp3) is 0.438. The number of β-amino-alcohol motifs (C(OH)–C–C–N with tert-alkyl or cyclic N) is 1. The van der Waals surface area contributed by atoms with Gasteiger partial charge in [-0.1, -0.05) is 18.2 Å². The van der Waals surface area contributed by atoms with Crippen LogP contribution in [0.4, 0.5) is 4.39 Å². The molecule has 4 nitrogen and oxygen atoms in total. The number of aromatic nitrogens is 2. The summed E-state index contributed by atoms with van der Waals surface area (Å²) in [6.07, 6.45) is 4.58. The molecule has 112 valence electrons. The van der Waals surface area contributed by atoms with Gasteiger partial charge >= 0.3 is 0 Å². The highest BCUT2D eigenvalue weighted by Gasteiger charge is 2.28. The van der Waals surface area contributed by atoms with Crippen LogP contribution in [-0.4, -0.2) is 39.2 Å². The van der Waals surface area contributed by atoms with Crippen molar-refractivity contribution in [1.82, 2.24) is 14.9 Å². The second kappa shape index (κ2) is 6.37. The van der Waals surface area contributed by atoms with Crippen molar-refractivity contribution in [2.45, 2.75) is 25.5 Å². The minimum Gasteiger partial charge on any atom is -0.391 e. The number of nitrogens with zero attached hydrogens (tertiary/aromatic N) is 2. The first kappa shape index (κ1) is 14.2. The maximum Gasteiger partial charge on any atom is 0.126 e. The predicted octanol–water partition coefficient (Wildman–Crippen LogP) is 1.97. The van der Waals surface area contributed by atoms with Gasteiger partial charge in [-0.25, -0.2) is 9.37 Å². The van der Waals surface area contributed by atoms with Crippen molar-refractivity contribution in [2.24, 2.45) is 5.92 Å². The fourth-order valence-corrected chi connectivity index (χ4v) is 2.97. The smallest absolute Gasteiger partial charge is 0.126 e. The number of halogens is 1. The molecule has 0 spiro atoms. The van der Waals surface area contributed by atoms with Crippen molar-refractivity contribution in [3.05, 3.63) is 53.9 Å². The summed E-state index contributed by atoms with van der Waals surface area (Å²) < 4.78 is 13.7. The third-order valence-corrected chi connectivity index (χ3v) is 4.17. The van der Waals surface area contributed by atoms with Crippen molar-refractivity contribution in [3.8, 4) is 0 Å². The molecule has 0 amide bonds. The van der Waals surface area contributed by atoms with Crippen molar-refractivity contribution in [2.75, 3.05) is 13.1 Å². The average Bonchev–Trinajstić information content (AvgIpc) is 2.97. The number of hydrogen-bond donors (Lipinski definition) is 2. The molecule has 0 saturated carbocycles. The van der Waals surface area contributed by atoms with Crippen LogP contribution in [0, 0.1) is 11.7 Å². The zero-order valence-electron chi connectivity index (χ0n) is 11.9. The summed E-state index contributed by atoms with van der Waals surface area (Å²) in [7, 11) is 0. The lowest BCUT2D eigenvalue weighted by molar-refractivity contribution is 0.0176. The summed E-state index contributed by atoms with van der Waals surface area (Å²) in [5.41, 5.74) is 0.695. The Kier molecular flexibility index (Phi) is 4.31. The Hall–Kier alpha value is -1.72. The van der Waals surface area contributed by atoms with Gasteiger partial charge in [0.25, 0.3) is 0 Å². The van der Waals surface area contributed by atoms with Gasteiger partial charge in [-0.15, -0.1) is 0 Å². The Morgan fingerprint density at radius 3 is 2.95 bits per heavy atom. The number of hydrogen-bond acceptors (Lipinski definition) is 3. The van der Waals surface area contributed by atoms with Crippen LogP contribution in [0.15, 0.2) is 36.7 Å². The molecule has 2 N–H and O–H groups in total. The van der Waals surface area contributed by atoms with E-state index in [0.29, 0.717) is 18.5 Å². The van der Waals surface area contributed by atoms with Crippen LogP contribution < -0.4 is 0 Å². The second-order valence-electron chi connectivity index (χ2n) is 5.68. The zero-order chi connectivity index (χ0) is 14.7. The molecule has 0 aliphatic carbocycles. The molecule has 1 aliphatic rings. The lowest BCUT2D eigenvalue weighted by Gasteiger charge is -2.35. The number of aliphatic hydroxyl groups is 1. The molecule has 5 heteroatoms. The Balaban J connectivity index is 1.57. The molecule has 0 radical (unpaired) electrons. The summed E-state index contributed by atoms with van der Waals surface area (Å²) in [5.74, 6) is 0.854. The monoisotopic (exact) mass is 289 g/mol. The molecule has 2 aromatic rings. The molecule has 21 heavy (non-hydrogen) atoms. The Labute approximate surface area is 123 Å². The molecule has 1 aromatic carbocycles. The second-order valence-corrected chi connectivity index (χ2v) is 5.68. The molecule has 1 aliphatic heterocycles. The first-order valence-electron chi connectivity index (χ1n) is 7.34. The molecule has 3 rings (SSSR count). The minimum absolute atomic E-state index is 0.120.